The van der Waals surface area contributed by atoms with Gasteiger partial charge in [-0.3, -0.25) is 33.8 Å². The van der Waals surface area contributed by atoms with Gasteiger partial charge in [0.25, 0.3) is 25.8 Å². The molecule has 1 unspecified atom stereocenters. The highest BCUT2D eigenvalue weighted by atomic mass is 35.5. The number of thioether (sulfide) groups is 1. The van der Waals surface area contributed by atoms with E-state index in [1.807, 2.05) is 117 Å². The first-order valence-electron chi connectivity index (χ1n) is 38.8. The van der Waals surface area contributed by atoms with Crippen LogP contribution < -0.4 is 25.6 Å². The molecule has 5 amide bonds. The van der Waals surface area contributed by atoms with Gasteiger partial charge in [-0.2, -0.15) is 13.2 Å². The minimum atomic E-state index is -6.17. The third-order valence-electron chi connectivity index (χ3n) is 22.3. The highest BCUT2D eigenvalue weighted by Gasteiger charge is 2.49. The summed E-state index contributed by atoms with van der Waals surface area (Å²) in [4.78, 5) is 83.2. The summed E-state index contributed by atoms with van der Waals surface area (Å²) in [6.07, 6.45) is 10.4. The van der Waals surface area contributed by atoms with Crippen molar-refractivity contribution in [3.8, 4) is 10.4 Å². The van der Waals surface area contributed by atoms with Gasteiger partial charge >= 0.3 is 5.51 Å². The van der Waals surface area contributed by atoms with Crippen molar-refractivity contribution in [3.05, 3.63) is 159 Å². The van der Waals surface area contributed by atoms with Gasteiger partial charge in [0.05, 0.1) is 38.8 Å². The lowest BCUT2D eigenvalue weighted by Crippen LogP contribution is -2.57. The number of halogens is 4. The lowest BCUT2D eigenvalue weighted by Gasteiger charge is -2.47. The first kappa shape index (κ1) is 84.5. The number of benzene rings is 5. The largest absolute Gasteiger partial charge is 0.501 e. The number of anilines is 2. The Labute approximate surface area is 665 Å². The van der Waals surface area contributed by atoms with E-state index in [0.29, 0.717) is 75.9 Å². The zero-order chi connectivity index (χ0) is 79.6. The van der Waals surface area contributed by atoms with E-state index in [4.69, 9.17) is 11.6 Å². The number of sulfonamides is 1. The van der Waals surface area contributed by atoms with Crippen LogP contribution in [0.1, 0.15) is 177 Å². The number of allylic oxidation sites excluding steroid dienone is 1. The van der Waals surface area contributed by atoms with Crippen LogP contribution in [0.25, 0.3) is 16.0 Å². The van der Waals surface area contributed by atoms with Gasteiger partial charge in [0.15, 0.2) is 0 Å². The van der Waals surface area contributed by atoms with Gasteiger partial charge in [0.2, 0.25) is 23.6 Å². The molecule has 5 aliphatic rings. The van der Waals surface area contributed by atoms with Crippen molar-refractivity contribution in [3.63, 3.8) is 0 Å². The second kappa shape index (κ2) is 36.8. The van der Waals surface area contributed by atoms with Crippen LogP contribution in [0, 0.1) is 17.8 Å². The van der Waals surface area contributed by atoms with Crippen molar-refractivity contribution in [2.24, 2.45) is 10.8 Å². The molecule has 111 heavy (non-hydrogen) atoms. The van der Waals surface area contributed by atoms with Crippen molar-refractivity contribution in [2.75, 3.05) is 81.4 Å². The molecule has 0 radical (unpaired) electrons. The number of fused-ring (bicyclic) bond motifs is 3. The van der Waals surface area contributed by atoms with Gasteiger partial charge in [-0.05, 0) is 165 Å². The van der Waals surface area contributed by atoms with E-state index in [0.717, 1.165) is 134 Å². The topological polar surface area (TPSA) is 251 Å². The standard InChI is InChI=1S/C83H106ClF3N10O10S4/c1-55(57-22-24-59(25-23-57)76-56(2)88-54-109-76)89-79(102)72-47-66(98)52-97(72)80(103)77(81(3,4)5)91-74(99)20-16-11-9-8-10-12-17-21-75(100)95-43-40-93(41-44-95)39-37-64(53-108-67-18-14-13-15-19-67)90-70-34-33-68(48-73(70)110(104,105)83(85,86)87)111(106,107)92-78(101)61-29-35-71-60(46-61)28-32-65-51-94(42-45-96(65)71)50-62-49-82(6,7)38-36-69(62)58-26-30-63(84)31-27-58/h13-15,18-19,22-27,29-31,33-35,46,48,54-55,64-66,72,77,90,98H,8-12,16-17,20-21,28,32,36-45,47,49-53H2,1-7H3,(H,89,102)(H,91,99)(H,92,101)/t55-,64+,65?,66+,72-,77+/m0/s1. The van der Waals surface area contributed by atoms with Crippen molar-refractivity contribution < 1.29 is 59.1 Å². The fourth-order valence-electron chi connectivity index (χ4n) is 15.9. The van der Waals surface area contributed by atoms with Crippen LogP contribution in [0.3, 0.4) is 0 Å². The Morgan fingerprint density at radius 1 is 0.775 bits per heavy atom. The molecule has 3 saturated heterocycles. The minimum Gasteiger partial charge on any atom is -0.391 e. The molecular weight excluding hydrogens is 1520 g/mol. The summed E-state index contributed by atoms with van der Waals surface area (Å²) in [6, 6.07) is 30.1. The number of piperazine rings is 2. The number of likely N-dealkylation sites (tertiary alicyclic amines) is 1. The first-order valence-corrected chi connectivity index (χ1v) is 44.1. The van der Waals surface area contributed by atoms with Crippen LogP contribution >= 0.6 is 34.7 Å². The number of unbranched alkanes of at least 4 members (excludes halogenated alkanes) is 6. The number of aromatic nitrogens is 1. The maximum Gasteiger partial charge on any atom is 0.501 e. The number of rotatable bonds is 31. The van der Waals surface area contributed by atoms with Gasteiger partial charge in [0, 0.05) is 124 Å². The number of aliphatic hydroxyl groups excluding tert-OH is 1. The number of β-amino-alcohol motifs (C(OH)–C–C–N with tert-alkyl or cyclic N) is 1. The van der Waals surface area contributed by atoms with E-state index in [9.17, 15) is 59.1 Å². The molecule has 6 aromatic rings. The Balaban J connectivity index is 0.617. The SMILES string of the molecule is Cc1ncsc1-c1ccc([C@H](C)NC(=O)[C@@H]2C[C@@H](O)CN2C(=O)[C@@H](NC(=O)CCCCCCCCCC(=O)N2CCN(CC[C@H](CSc3ccccc3)Nc3ccc(S(=O)(=O)NC(=O)c4ccc5c(c4)CCC4CN(CC6=C(c7ccc(Cl)cc7)CCC(C)(C)C6)CCN54)cc3S(=O)(=O)C(F)(F)F)CC2)C(C)(C)C)cc1. The second-order valence-electron chi connectivity index (χ2n) is 32.3. The van der Waals surface area contributed by atoms with Crippen molar-refractivity contribution >= 4 is 101 Å². The Bertz CT molecular complexity index is 4540. The molecule has 3 fully saturated rings. The van der Waals surface area contributed by atoms with Gasteiger partial charge in [-0.25, -0.2) is 26.5 Å². The molecule has 11 rings (SSSR count). The highest BCUT2D eigenvalue weighted by Crippen LogP contribution is 2.44. The summed E-state index contributed by atoms with van der Waals surface area (Å²) in [5, 5.41) is 20.5. The quantitative estimate of drug-likeness (QED) is 0.0200. The van der Waals surface area contributed by atoms with Crippen LogP contribution in [-0.2, 0) is 45.5 Å². The van der Waals surface area contributed by atoms with Crippen LogP contribution in [0.15, 0.2) is 141 Å². The number of sulfone groups is 1. The Hall–Kier alpha value is -7.37. The maximum absolute atomic E-state index is 14.7. The van der Waals surface area contributed by atoms with E-state index < -0.39 is 82.3 Å². The molecule has 0 saturated carbocycles. The summed E-state index contributed by atoms with van der Waals surface area (Å²) in [5.41, 5.74) is 3.80. The molecule has 4 aliphatic heterocycles. The van der Waals surface area contributed by atoms with E-state index in [-0.39, 0.29) is 65.9 Å². The predicted octanol–water partition coefficient (Wildman–Crippen LogP) is 14.3. The van der Waals surface area contributed by atoms with Gasteiger partial charge in [0.1, 0.15) is 17.0 Å². The summed E-state index contributed by atoms with van der Waals surface area (Å²) in [7, 11) is -11.1. The van der Waals surface area contributed by atoms with Crippen LogP contribution in [0.4, 0.5) is 24.5 Å². The minimum absolute atomic E-state index is 0.0244. The molecular formula is C83H106ClF3N10O10S4. The van der Waals surface area contributed by atoms with Gasteiger partial charge in [-0.15, -0.1) is 23.1 Å². The number of thiazole rings is 1. The predicted molar refractivity (Wildman–Crippen MR) is 433 cm³/mol. The molecule has 5 N–H and O–H groups in total. The number of carbonyl (C=O) groups is 5. The number of alkyl halides is 3. The average Bonchev–Trinajstić information content (AvgIpc) is 1.46. The van der Waals surface area contributed by atoms with E-state index >= 15 is 0 Å². The maximum atomic E-state index is 14.7. The number of amides is 5. The third-order valence-corrected chi connectivity index (χ3v) is 27.5. The van der Waals surface area contributed by atoms with Crippen molar-refractivity contribution in [1.82, 2.24) is 39.9 Å². The number of hydrogen-bond acceptors (Lipinski definition) is 17. The zero-order valence-electron chi connectivity index (χ0n) is 64.6. The molecule has 600 valence electrons. The van der Waals surface area contributed by atoms with Crippen LogP contribution in [0.2, 0.25) is 5.02 Å². The van der Waals surface area contributed by atoms with Gasteiger partial charge in [-0.1, -0.05) is 138 Å². The number of hydrogen-bond donors (Lipinski definition) is 5. The molecule has 6 atom stereocenters. The Morgan fingerprint density at radius 2 is 1.45 bits per heavy atom. The summed E-state index contributed by atoms with van der Waals surface area (Å²) in [5.74, 6) is -1.75. The third kappa shape index (κ3) is 21.9. The summed E-state index contributed by atoms with van der Waals surface area (Å²) in [6.45, 7) is 19.8. The molecule has 5 heterocycles. The number of aryl methyl sites for hydroxylation is 2. The molecule has 20 nitrogen and oxygen atoms in total. The molecule has 0 spiro atoms. The number of nitrogens with one attached hydrogen (secondary N) is 4. The number of nitrogens with zero attached hydrogens (tertiary/aromatic N) is 6. The Kier molecular flexibility index (Phi) is 28.1. The zero-order valence-corrected chi connectivity index (χ0v) is 68.6. The van der Waals surface area contributed by atoms with Crippen LogP contribution in [-0.4, -0.2) is 183 Å². The molecule has 28 heteroatoms. The molecule has 5 aromatic carbocycles. The Morgan fingerprint density at radius 3 is 2.13 bits per heavy atom. The first-order chi connectivity index (χ1) is 52.7. The monoisotopic (exact) mass is 1620 g/mol. The van der Waals surface area contributed by atoms with Gasteiger partial charge < -0.3 is 35.8 Å². The van der Waals surface area contributed by atoms with E-state index in [1.54, 1.807) is 22.9 Å². The fourth-order valence-corrected chi connectivity index (χ4v) is 19.9. The smallest absolute Gasteiger partial charge is 0.391 e. The lowest BCUT2D eigenvalue weighted by molar-refractivity contribution is -0.144. The number of carbonyl (C=O) groups excluding carboxylic acids is 5. The molecule has 1 aliphatic carbocycles. The van der Waals surface area contributed by atoms with E-state index in [1.165, 1.54) is 39.4 Å². The average molecular weight is 1620 g/mol. The normalized spacial score (nSPS) is 19.4. The molecule has 1 aromatic heterocycles. The lowest BCUT2D eigenvalue weighted by atomic mass is 9.72. The van der Waals surface area contributed by atoms with E-state index in [2.05, 4.69) is 61.6 Å². The van der Waals surface area contributed by atoms with Crippen molar-refractivity contribution in [2.45, 2.75) is 208 Å². The summed E-state index contributed by atoms with van der Waals surface area (Å²) >= 11 is 9.24. The highest BCUT2D eigenvalue weighted by molar-refractivity contribution is 7.99. The fraction of sp³-hybridized carbons (Fsp3) is 0.518. The second-order valence-corrected chi connectivity index (χ2v) is 38.2. The van der Waals surface area contributed by atoms with Crippen molar-refractivity contribution in [1.29, 1.82) is 0 Å². The molecule has 0 bridgehead atoms. The summed E-state index contributed by atoms with van der Waals surface area (Å²) < 4.78 is 101. The number of aliphatic hydroxyl groups is 1. The van der Waals surface area contributed by atoms with Crippen LogP contribution in [0.5, 0.6) is 0 Å².